The van der Waals surface area contributed by atoms with E-state index in [1.807, 2.05) is 4.90 Å². The first kappa shape index (κ1) is 13.4. The van der Waals surface area contributed by atoms with E-state index in [0.717, 1.165) is 32.2 Å². The summed E-state index contributed by atoms with van der Waals surface area (Å²) in [7, 11) is 0. The summed E-state index contributed by atoms with van der Waals surface area (Å²) in [4.78, 5) is 28.4. The lowest BCUT2D eigenvalue weighted by Crippen LogP contribution is -2.52. The van der Waals surface area contributed by atoms with E-state index in [1.165, 1.54) is 0 Å². The minimum Gasteiger partial charge on any atom is -0.335 e. The van der Waals surface area contributed by atoms with Gasteiger partial charge in [-0.15, -0.1) is 0 Å². The molecule has 2 amide bonds. The highest BCUT2D eigenvalue weighted by Gasteiger charge is 2.43. The van der Waals surface area contributed by atoms with Gasteiger partial charge in [0.15, 0.2) is 0 Å². The Labute approximate surface area is 109 Å². The summed E-state index contributed by atoms with van der Waals surface area (Å²) in [5.74, 6) is 0.317. The summed E-state index contributed by atoms with van der Waals surface area (Å²) in [6.07, 6.45) is 4.32. The van der Waals surface area contributed by atoms with Gasteiger partial charge in [0.2, 0.25) is 11.8 Å². The first-order chi connectivity index (χ1) is 8.47. The molecular weight excluding hydrogens is 228 g/mol. The summed E-state index contributed by atoms with van der Waals surface area (Å²) in [6.45, 7) is 7.71. The predicted molar refractivity (Wildman–Crippen MR) is 70.1 cm³/mol. The van der Waals surface area contributed by atoms with Crippen molar-refractivity contribution in [2.24, 2.45) is 0 Å². The van der Waals surface area contributed by atoms with Crippen LogP contribution in [-0.2, 0) is 9.59 Å². The Morgan fingerprint density at radius 2 is 2.00 bits per heavy atom. The normalized spacial score (nSPS) is 25.4. The molecule has 2 saturated heterocycles. The molecule has 2 rings (SSSR count). The Balaban J connectivity index is 2.22. The largest absolute Gasteiger partial charge is 0.335 e. The van der Waals surface area contributed by atoms with Crippen LogP contribution in [0.3, 0.4) is 0 Å². The highest BCUT2D eigenvalue weighted by atomic mass is 16.2. The second-order valence-electron chi connectivity index (χ2n) is 6.05. The second-order valence-corrected chi connectivity index (χ2v) is 6.05. The van der Waals surface area contributed by atoms with Crippen molar-refractivity contribution in [3.05, 3.63) is 0 Å². The third-order valence-electron chi connectivity index (χ3n) is 4.27. The Kier molecular flexibility index (Phi) is 3.64. The van der Waals surface area contributed by atoms with E-state index < -0.39 is 0 Å². The maximum absolute atomic E-state index is 12.6. The minimum absolute atomic E-state index is 0.134. The number of carbonyl (C=O) groups excluding carboxylic acids is 2. The van der Waals surface area contributed by atoms with E-state index in [0.29, 0.717) is 13.0 Å². The van der Waals surface area contributed by atoms with Crippen molar-refractivity contribution in [3.8, 4) is 0 Å². The lowest BCUT2D eigenvalue weighted by atomic mass is 9.95. The number of hydrogen-bond donors (Lipinski definition) is 0. The third-order valence-corrected chi connectivity index (χ3v) is 4.27. The maximum Gasteiger partial charge on any atom is 0.245 e. The van der Waals surface area contributed by atoms with Gasteiger partial charge >= 0.3 is 0 Å². The third kappa shape index (κ3) is 2.25. The van der Waals surface area contributed by atoms with Crippen molar-refractivity contribution in [3.63, 3.8) is 0 Å². The van der Waals surface area contributed by atoms with E-state index in [9.17, 15) is 9.59 Å². The Bertz CT molecular complexity index is 352. The van der Waals surface area contributed by atoms with Gasteiger partial charge in [0.1, 0.15) is 6.04 Å². The van der Waals surface area contributed by atoms with Crippen LogP contribution in [0.15, 0.2) is 0 Å². The van der Waals surface area contributed by atoms with Gasteiger partial charge in [0.25, 0.3) is 0 Å². The summed E-state index contributed by atoms with van der Waals surface area (Å²) in [5.41, 5.74) is -0.134. The van der Waals surface area contributed by atoms with Gasteiger partial charge in [0.05, 0.1) is 0 Å². The molecule has 0 bridgehead atoms. The quantitative estimate of drug-likeness (QED) is 0.768. The first-order valence-corrected chi connectivity index (χ1v) is 7.08. The van der Waals surface area contributed by atoms with Crippen molar-refractivity contribution < 1.29 is 9.59 Å². The molecule has 2 aliphatic heterocycles. The zero-order chi connectivity index (χ0) is 13.3. The van der Waals surface area contributed by atoms with Crippen LogP contribution in [0.5, 0.6) is 0 Å². The molecule has 102 valence electrons. The molecule has 0 aromatic heterocycles. The van der Waals surface area contributed by atoms with Gasteiger partial charge in [0, 0.05) is 25.0 Å². The molecule has 4 heteroatoms. The number of carbonyl (C=O) groups is 2. The fourth-order valence-electron chi connectivity index (χ4n) is 3.31. The number of nitrogens with zero attached hydrogens (tertiary/aromatic N) is 2. The van der Waals surface area contributed by atoms with Crippen LogP contribution in [0.2, 0.25) is 0 Å². The maximum atomic E-state index is 12.6. The van der Waals surface area contributed by atoms with Crippen molar-refractivity contribution in [2.45, 2.75) is 64.5 Å². The van der Waals surface area contributed by atoms with Crippen LogP contribution in [0.25, 0.3) is 0 Å². The van der Waals surface area contributed by atoms with Crippen molar-refractivity contribution in [2.75, 3.05) is 13.1 Å². The van der Waals surface area contributed by atoms with Crippen LogP contribution in [0.1, 0.15) is 52.9 Å². The Hall–Kier alpha value is -1.06. The molecule has 0 spiro atoms. The monoisotopic (exact) mass is 252 g/mol. The Morgan fingerprint density at radius 3 is 2.67 bits per heavy atom. The van der Waals surface area contributed by atoms with E-state index in [-0.39, 0.29) is 23.4 Å². The molecule has 0 radical (unpaired) electrons. The standard InChI is InChI=1S/C14H24N2O2/c1-4-8-14(2,3)16-10-7-12(17)15-9-5-6-11(15)13(16)18/h11H,4-10H2,1-3H3. The lowest BCUT2D eigenvalue weighted by Gasteiger charge is -2.39. The highest BCUT2D eigenvalue weighted by Crippen LogP contribution is 2.29. The SMILES string of the molecule is CCCC(C)(C)N1CCC(=O)N2CCCC2C1=O. The fraction of sp³-hybridized carbons (Fsp3) is 0.857. The van der Waals surface area contributed by atoms with Crippen molar-refractivity contribution >= 4 is 11.8 Å². The van der Waals surface area contributed by atoms with E-state index in [2.05, 4.69) is 20.8 Å². The van der Waals surface area contributed by atoms with E-state index in [4.69, 9.17) is 0 Å². The zero-order valence-corrected chi connectivity index (χ0v) is 11.7. The summed E-state index contributed by atoms with van der Waals surface area (Å²) in [5, 5.41) is 0. The van der Waals surface area contributed by atoms with Gasteiger partial charge in [-0.05, 0) is 33.1 Å². The molecule has 1 atom stereocenters. The fourth-order valence-corrected chi connectivity index (χ4v) is 3.31. The van der Waals surface area contributed by atoms with Crippen LogP contribution < -0.4 is 0 Å². The van der Waals surface area contributed by atoms with Gasteiger partial charge in [-0.1, -0.05) is 13.3 Å². The van der Waals surface area contributed by atoms with Gasteiger partial charge in [-0.3, -0.25) is 9.59 Å². The Morgan fingerprint density at radius 1 is 1.28 bits per heavy atom. The van der Waals surface area contributed by atoms with E-state index >= 15 is 0 Å². The molecule has 2 heterocycles. The smallest absolute Gasteiger partial charge is 0.245 e. The molecule has 4 nitrogen and oxygen atoms in total. The number of fused-ring (bicyclic) bond motifs is 1. The number of amides is 2. The molecule has 1 unspecified atom stereocenters. The molecule has 0 aromatic carbocycles. The molecule has 18 heavy (non-hydrogen) atoms. The minimum atomic E-state index is -0.184. The summed E-state index contributed by atoms with van der Waals surface area (Å²) < 4.78 is 0. The molecule has 0 saturated carbocycles. The predicted octanol–water partition coefficient (Wildman–Crippen LogP) is 1.79. The van der Waals surface area contributed by atoms with Gasteiger partial charge < -0.3 is 9.80 Å². The second kappa shape index (κ2) is 4.90. The van der Waals surface area contributed by atoms with Crippen molar-refractivity contribution in [1.82, 2.24) is 9.80 Å². The summed E-state index contributed by atoms with van der Waals surface area (Å²) in [6, 6.07) is -0.184. The zero-order valence-electron chi connectivity index (χ0n) is 11.7. The van der Waals surface area contributed by atoms with E-state index in [1.54, 1.807) is 4.90 Å². The molecule has 0 N–H and O–H groups in total. The topological polar surface area (TPSA) is 40.6 Å². The molecule has 0 aliphatic carbocycles. The average molecular weight is 252 g/mol. The first-order valence-electron chi connectivity index (χ1n) is 7.08. The van der Waals surface area contributed by atoms with Crippen molar-refractivity contribution in [1.29, 1.82) is 0 Å². The van der Waals surface area contributed by atoms with Gasteiger partial charge in [-0.2, -0.15) is 0 Å². The number of hydrogen-bond acceptors (Lipinski definition) is 2. The van der Waals surface area contributed by atoms with Crippen LogP contribution in [0.4, 0.5) is 0 Å². The van der Waals surface area contributed by atoms with Crippen LogP contribution >= 0.6 is 0 Å². The number of rotatable bonds is 3. The molecular formula is C14H24N2O2. The highest BCUT2D eigenvalue weighted by molar-refractivity contribution is 5.91. The molecule has 0 aromatic rings. The van der Waals surface area contributed by atoms with Crippen LogP contribution in [-0.4, -0.2) is 46.3 Å². The summed E-state index contributed by atoms with van der Waals surface area (Å²) >= 11 is 0. The molecule has 2 aliphatic rings. The molecule has 2 fully saturated rings. The average Bonchev–Trinajstić information content (AvgIpc) is 2.72. The van der Waals surface area contributed by atoms with Crippen LogP contribution in [0, 0.1) is 0 Å². The van der Waals surface area contributed by atoms with Gasteiger partial charge in [-0.25, -0.2) is 0 Å². The lowest BCUT2D eigenvalue weighted by molar-refractivity contribution is -0.142.